The molecule has 6 rings (SSSR count). The van der Waals surface area contributed by atoms with Crippen molar-refractivity contribution in [2.75, 3.05) is 25.5 Å². The molecular weight excluding hydrogens is 640 g/mol. The summed E-state index contributed by atoms with van der Waals surface area (Å²) < 4.78 is 61.7. The lowest BCUT2D eigenvalue weighted by atomic mass is 10.1. The zero-order chi connectivity index (χ0) is 34.0. The maximum Gasteiger partial charge on any atom is 0.428 e. The first-order valence-corrected chi connectivity index (χ1v) is 16.5. The molecule has 242 valence electrons. The van der Waals surface area contributed by atoms with E-state index in [4.69, 9.17) is 4.42 Å². The predicted molar refractivity (Wildman–Crippen MR) is 168 cm³/mol. The van der Waals surface area contributed by atoms with Gasteiger partial charge in [-0.15, -0.1) is 0 Å². The minimum atomic E-state index is -3.93. The molecule has 0 aliphatic carbocycles. The number of esters is 1. The maximum absolute atomic E-state index is 12.9. The molecule has 0 amide bonds. The smallest absolute Gasteiger partial charge is 0.428 e. The zero-order valence-corrected chi connectivity index (χ0v) is 27.0. The molecule has 2 aromatic carbocycles. The van der Waals surface area contributed by atoms with Gasteiger partial charge >= 0.3 is 11.7 Å². The number of rotatable bonds is 2. The van der Waals surface area contributed by atoms with Gasteiger partial charge < -0.3 is 14.3 Å². The fourth-order valence-corrected chi connectivity index (χ4v) is 7.29. The molecule has 0 spiro atoms. The van der Waals surface area contributed by atoms with E-state index in [0.29, 0.717) is 4.57 Å². The molecule has 14 nitrogen and oxygen atoms in total. The summed E-state index contributed by atoms with van der Waals surface area (Å²) in [5, 5.41) is 10.00. The Kier molecular flexibility index (Phi) is 9.53. The monoisotopic (exact) mass is 670 g/mol. The first-order valence-electron chi connectivity index (χ1n) is 13.6. The number of carbonyl (C=O) groups is 1. The molecule has 0 atom stereocenters. The van der Waals surface area contributed by atoms with Gasteiger partial charge in [-0.2, -0.15) is 4.57 Å². The Balaban J connectivity index is 0.000000202. The van der Waals surface area contributed by atoms with Crippen LogP contribution in [0.1, 0.15) is 25.8 Å². The van der Waals surface area contributed by atoms with Crippen LogP contribution in [0.15, 0.2) is 102 Å². The average molecular weight is 671 g/mol. The van der Waals surface area contributed by atoms with Crippen molar-refractivity contribution in [2.45, 2.75) is 30.1 Å². The third kappa shape index (κ3) is 5.67. The summed E-state index contributed by atoms with van der Waals surface area (Å²) in [6.07, 6.45) is 2.66. The van der Waals surface area contributed by atoms with E-state index < -0.39 is 48.8 Å². The molecule has 16 heteroatoms. The Morgan fingerprint density at radius 2 is 1.37 bits per heavy atom. The third-order valence-electron chi connectivity index (χ3n) is 6.65. The fourth-order valence-electron chi connectivity index (χ4n) is 4.51. The van der Waals surface area contributed by atoms with Crippen LogP contribution in [0.5, 0.6) is 0 Å². The van der Waals surface area contributed by atoms with Gasteiger partial charge in [-0.25, -0.2) is 31.4 Å². The van der Waals surface area contributed by atoms with Crippen LogP contribution in [-0.4, -0.2) is 63.0 Å². The minimum absolute atomic E-state index is 0.0249. The third-order valence-corrected chi connectivity index (χ3v) is 10.3. The lowest BCUT2D eigenvalue weighted by Crippen LogP contribution is -2.41. The molecule has 0 unspecified atom stereocenters. The number of aliphatic hydroxyl groups is 1. The first kappa shape index (κ1) is 33.7. The minimum Gasteiger partial charge on any atom is -0.505 e. The fraction of sp³-hybridized carbons (Fsp3) is 0.200. The van der Waals surface area contributed by atoms with E-state index in [1.54, 1.807) is 36.4 Å². The number of fused-ring (bicyclic) bond motifs is 4. The zero-order valence-electron chi connectivity index (χ0n) is 25.4. The van der Waals surface area contributed by atoms with Crippen molar-refractivity contribution in [3.05, 3.63) is 105 Å². The van der Waals surface area contributed by atoms with Gasteiger partial charge in [0, 0.05) is 31.4 Å². The Bertz CT molecular complexity index is 2170. The number of sulfonamides is 2. The number of nitrogens with zero attached hydrogens (tertiary/aromatic N) is 4. The summed E-state index contributed by atoms with van der Waals surface area (Å²) in [6.45, 7) is 4.25. The topological polar surface area (TPSA) is 186 Å². The van der Waals surface area contributed by atoms with Gasteiger partial charge in [0.2, 0.25) is 0 Å². The first-order chi connectivity index (χ1) is 21.7. The molecule has 0 saturated carbocycles. The van der Waals surface area contributed by atoms with Crippen LogP contribution < -0.4 is 15.6 Å². The molecule has 46 heavy (non-hydrogen) atoms. The number of likely N-dealkylation sites (N-methyl/N-ethyl adjacent to an activating group) is 1. The van der Waals surface area contributed by atoms with Crippen molar-refractivity contribution in [1.29, 1.82) is 0 Å². The number of benzene rings is 2. The quantitative estimate of drug-likeness (QED) is 0.309. The second-order valence-corrected chi connectivity index (χ2v) is 13.6. The number of carbonyl (C=O) groups excluding carboxylic acids is 1. The number of ether oxygens (including phenoxy) is 1. The number of methoxy groups -OCH3 is 1. The highest BCUT2D eigenvalue weighted by Crippen LogP contribution is 2.39. The number of hydrogen-bond donors (Lipinski definition) is 1. The van der Waals surface area contributed by atoms with Gasteiger partial charge in [-0.3, -0.25) is 13.4 Å². The molecular formula is C30H30N4O10S2. The van der Waals surface area contributed by atoms with E-state index in [2.05, 4.69) is 23.6 Å². The summed E-state index contributed by atoms with van der Waals surface area (Å²) in [6, 6.07) is 16.6. The molecule has 2 aliphatic rings. The molecule has 4 heterocycles. The van der Waals surface area contributed by atoms with E-state index in [0.717, 1.165) is 15.7 Å². The Morgan fingerprint density at radius 3 is 1.93 bits per heavy atom. The second kappa shape index (κ2) is 13.0. The van der Waals surface area contributed by atoms with Gasteiger partial charge in [0.15, 0.2) is 22.9 Å². The Morgan fingerprint density at radius 1 is 0.848 bits per heavy atom. The highest BCUT2D eigenvalue weighted by atomic mass is 32.2. The molecule has 0 saturated heterocycles. The molecule has 2 aliphatic heterocycles. The summed E-state index contributed by atoms with van der Waals surface area (Å²) >= 11 is 0. The Labute approximate surface area is 264 Å². The molecule has 1 N–H and O–H groups in total. The average Bonchev–Trinajstić information content (AvgIpc) is 3.04. The van der Waals surface area contributed by atoms with Crippen molar-refractivity contribution in [2.24, 2.45) is 0 Å². The Hall–Kier alpha value is -5.22. The molecule has 0 fully saturated rings. The lowest BCUT2D eigenvalue weighted by Gasteiger charge is -2.27. The normalized spacial score (nSPS) is 15.2. The van der Waals surface area contributed by atoms with Gasteiger partial charge in [0.25, 0.3) is 25.6 Å². The van der Waals surface area contributed by atoms with E-state index in [1.165, 1.54) is 57.0 Å². The molecule has 2 aromatic heterocycles. The lowest BCUT2D eigenvalue weighted by molar-refractivity contribution is -0.137. The van der Waals surface area contributed by atoms with Crippen LogP contribution in [0.3, 0.4) is 0 Å². The van der Waals surface area contributed by atoms with Crippen molar-refractivity contribution in [3.63, 3.8) is 0 Å². The SMILES string of the molecule is CCC.CN1c2c(oc(=O)n(-c3ccccn3)c2=O)-c2ccccc2S1(=O)=O.COC(=O)C1=C(O)c2ccccc2S(=O)(=O)N1C. The molecule has 4 aromatic rings. The highest BCUT2D eigenvalue weighted by Gasteiger charge is 2.39. The maximum atomic E-state index is 12.9. The highest BCUT2D eigenvalue weighted by molar-refractivity contribution is 7.93. The second-order valence-electron chi connectivity index (χ2n) is 9.71. The van der Waals surface area contributed by atoms with Crippen LogP contribution in [0.2, 0.25) is 0 Å². The largest absolute Gasteiger partial charge is 0.505 e. The van der Waals surface area contributed by atoms with Crippen LogP contribution in [0, 0.1) is 0 Å². The van der Waals surface area contributed by atoms with Gasteiger partial charge in [0.05, 0.1) is 16.9 Å². The van der Waals surface area contributed by atoms with E-state index in [1.807, 2.05) is 0 Å². The number of pyridine rings is 1. The van der Waals surface area contributed by atoms with Gasteiger partial charge in [0.1, 0.15) is 5.82 Å². The van der Waals surface area contributed by atoms with Crippen LogP contribution in [-0.2, 0) is 29.6 Å². The number of aliphatic hydroxyl groups excluding tert-OH is 1. The predicted octanol–water partition coefficient (Wildman–Crippen LogP) is 3.13. The summed E-state index contributed by atoms with van der Waals surface area (Å²) in [5.41, 5.74) is -1.17. The van der Waals surface area contributed by atoms with Crippen molar-refractivity contribution in [1.82, 2.24) is 13.9 Å². The van der Waals surface area contributed by atoms with Crippen molar-refractivity contribution in [3.8, 4) is 17.1 Å². The van der Waals surface area contributed by atoms with Crippen molar-refractivity contribution >= 4 is 37.5 Å². The molecule has 0 bridgehead atoms. The standard InChI is InChI=1S/C16H11N3O5S.C11H11NO5S.C3H8/c1-18-13-14(10-6-2-3-7-11(10)25(18,22)23)24-16(21)19(15(13)20)12-8-4-5-9-17-12;1-12-9(11(14)17-2)10(13)7-5-3-4-6-8(7)18(12,15)16;1-3-2/h2-9H,1H3;3-6,13H,1-2H3;3H2,1-2H3. The van der Waals surface area contributed by atoms with Crippen LogP contribution in [0.25, 0.3) is 22.9 Å². The van der Waals surface area contributed by atoms with E-state index in [9.17, 15) is 36.3 Å². The van der Waals surface area contributed by atoms with E-state index in [-0.39, 0.29) is 38.2 Å². The molecule has 0 radical (unpaired) electrons. The summed E-state index contributed by atoms with van der Waals surface area (Å²) in [7, 11) is -4.23. The van der Waals surface area contributed by atoms with Crippen LogP contribution in [0.4, 0.5) is 5.69 Å². The number of hydrogen-bond acceptors (Lipinski definition) is 11. The van der Waals surface area contributed by atoms with Gasteiger partial charge in [-0.1, -0.05) is 50.6 Å². The van der Waals surface area contributed by atoms with Gasteiger partial charge in [-0.05, 0) is 36.4 Å². The van der Waals surface area contributed by atoms with Crippen molar-refractivity contribution < 1.29 is 35.9 Å². The van der Waals surface area contributed by atoms with E-state index >= 15 is 0 Å². The summed E-state index contributed by atoms with van der Waals surface area (Å²) in [4.78, 5) is 40.7. The summed E-state index contributed by atoms with van der Waals surface area (Å²) in [5.74, 6) is -2.28. The number of anilines is 1. The van der Waals surface area contributed by atoms with Crippen LogP contribution >= 0.6 is 0 Å². The number of aromatic nitrogens is 2.